The van der Waals surface area contributed by atoms with Crippen molar-refractivity contribution < 1.29 is 14.7 Å². The Labute approximate surface area is 105 Å². The van der Waals surface area contributed by atoms with Gasteiger partial charge in [-0.15, -0.1) is 0 Å². The maximum absolute atomic E-state index is 10.8. The van der Waals surface area contributed by atoms with Crippen molar-refractivity contribution in [1.82, 2.24) is 5.48 Å². The van der Waals surface area contributed by atoms with Crippen LogP contribution < -0.4 is 10.2 Å². The molecule has 0 aliphatic carbocycles. The molecule has 2 N–H and O–H groups in total. The van der Waals surface area contributed by atoms with Gasteiger partial charge in [-0.25, -0.2) is 5.48 Å². The lowest BCUT2D eigenvalue weighted by Gasteiger charge is -2.06. The van der Waals surface area contributed by atoms with Crippen LogP contribution in [0.1, 0.15) is 0 Å². The highest BCUT2D eigenvalue weighted by molar-refractivity contribution is 5.76. The first kappa shape index (κ1) is 12.1. The van der Waals surface area contributed by atoms with E-state index in [-0.39, 0.29) is 6.61 Å². The molecular formula is C14H13NO3. The van der Waals surface area contributed by atoms with Gasteiger partial charge in [-0.3, -0.25) is 10.0 Å². The van der Waals surface area contributed by atoms with Gasteiger partial charge in [0.25, 0.3) is 5.91 Å². The number of amides is 1. The molecule has 0 atom stereocenters. The van der Waals surface area contributed by atoms with Crippen molar-refractivity contribution in [2.45, 2.75) is 0 Å². The van der Waals surface area contributed by atoms with E-state index in [9.17, 15) is 4.79 Å². The Morgan fingerprint density at radius 3 is 2.22 bits per heavy atom. The number of hydroxylamine groups is 1. The summed E-state index contributed by atoms with van der Waals surface area (Å²) in [5.41, 5.74) is 3.71. The number of benzene rings is 2. The predicted molar refractivity (Wildman–Crippen MR) is 67.3 cm³/mol. The molecule has 4 nitrogen and oxygen atoms in total. The highest BCUT2D eigenvalue weighted by atomic mass is 16.5. The van der Waals surface area contributed by atoms with Crippen LogP contribution in [-0.4, -0.2) is 17.7 Å². The fraction of sp³-hybridized carbons (Fsp3) is 0.0714. The largest absolute Gasteiger partial charge is 0.484 e. The second-order valence-corrected chi connectivity index (χ2v) is 3.71. The normalized spacial score (nSPS) is 9.83. The van der Waals surface area contributed by atoms with Crippen molar-refractivity contribution in [3.63, 3.8) is 0 Å². The van der Waals surface area contributed by atoms with Gasteiger partial charge in [-0.05, 0) is 23.3 Å². The van der Waals surface area contributed by atoms with Gasteiger partial charge < -0.3 is 4.74 Å². The molecule has 0 heterocycles. The summed E-state index contributed by atoms with van der Waals surface area (Å²) in [7, 11) is 0. The van der Waals surface area contributed by atoms with Crippen molar-refractivity contribution in [2.75, 3.05) is 6.61 Å². The number of rotatable bonds is 4. The number of nitrogens with one attached hydrogen (secondary N) is 1. The van der Waals surface area contributed by atoms with Crippen molar-refractivity contribution in [2.24, 2.45) is 0 Å². The summed E-state index contributed by atoms with van der Waals surface area (Å²) < 4.78 is 5.18. The quantitative estimate of drug-likeness (QED) is 0.639. The molecule has 0 aliphatic rings. The molecule has 0 aliphatic heterocycles. The second kappa shape index (κ2) is 5.84. The minimum Gasteiger partial charge on any atom is -0.484 e. The van der Waals surface area contributed by atoms with E-state index in [2.05, 4.69) is 0 Å². The van der Waals surface area contributed by atoms with E-state index < -0.39 is 5.91 Å². The van der Waals surface area contributed by atoms with E-state index in [4.69, 9.17) is 9.94 Å². The molecule has 2 rings (SSSR count). The molecule has 1 amide bonds. The Morgan fingerprint density at radius 1 is 1.00 bits per heavy atom. The lowest BCUT2D eigenvalue weighted by Crippen LogP contribution is -2.25. The van der Waals surface area contributed by atoms with E-state index >= 15 is 0 Å². The van der Waals surface area contributed by atoms with E-state index in [0.717, 1.165) is 11.1 Å². The van der Waals surface area contributed by atoms with Gasteiger partial charge >= 0.3 is 0 Å². The van der Waals surface area contributed by atoms with Crippen LogP contribution in [0.3, 0.4) is 0 Å². The van der Waals surface area contributed by atoms with Crippen LogP contribution >= 0.6 is 0 Å². The number of hydrogen-bond donors (Lipinski definition) is 2. The van der Waals surface area contributed by atoms with Crippen molar-refractivity contribution in [1.29, 1.82) is 0 Å². The van der Waals surface area contributed by atoms with Gasteiger partial charge in [-0.2, -0.15) is 0 Å². The maximum atomic E-state index is 10.8. The van der Waals surface area contributed by atoms with Gasteiger partial charge in [0.15, 0.2) is 6.61 Å². The summed E-state index contributed by atoms with van der Waals surface area (Å²) in [6.45, 7) is -0.207. The van der Waals surface area contributed by atoms with Gasteiger partial charge in [0.1, 0.15) is 5.75 Å². The number of hydrogen-bond acceptors (Lipinski definition) is 3. The molecule has 4 heteroatoms. The zero-order valence-corrected chi connectivity index (χ0v) is 9.67. The molecule has 0 saturated carbocycles. The molecule has 0 radical (unpaired) electrons. The van der Waals surface area contributed by atoms with E-state index in [1.807, 2.05) is 42.5 Å². The monoisotopic (exact) mass is 243 g/mol. The van der Waals surface area contributed by atoms with Crippen LogP contribution in [0.5, 0.6) is 5.75 Å². The van der Waals surface area contributed by atoms with E-state index in [0.29, 0.717) is 5.75 Å². The molecule has 18 heavy (non-hydrogen) atoms. The predicted octanol–water partition coefficient (Wildman–Crippen LogP) is 2.24. The number of carbonyl (C=O) groups is 1. The minimum absolute atomic E-state index is 0.207. The Balaban J connectivity index is 2.04. The highest BCUT2D eigenvalue weighted by Gasteiger charge is 2.01. The number of carbonyl (C=O) groups excluding carboxylic acids is 1. The SMILES string of the molecule is O=C(COc1ccc(-c2ccccc2)cc1)NO. The third-order valence-electron chi connectivity index (χ3n) is 2.46. The molecule has 0 saturated heterocycles. The van der Waals surface area contributed by atoms with Crippen molar-refractivity contribution in [3.8, 4) is 16.9 Å². The summed E-state index contributed by atoms with van der Waals surface area (Å²) in [6.07, 6.45) is 0. The zero-order valence-electron chi connectivity index (χ0n) is 9.67. The molecular weight excluding hydrogens is 230 g/mol. The first-order chi connectivity index (χ1) is 8.79. The van der Waals surface area contributed by atoms with Gasteiger partial charge in [-0.1, -0.05) is 42.5 Å². The molecule has 0 unspecified atom stereocenters. The molecule has 0 spiro atoms. The summed E-state index contributed by atoms with van der Waals surface area (Å²) in [6, 6.07) is 17.4. The minimum atomic E-state index is -0.581. The van der Waals surface area contributed by atoms with Gasteiger partial charge in [0.05, 0.1) is 0 Å². The van der Waals surface area contributed by atoms with Crippen LogP contribution in [0.2, 0.25) is 0 Å². The van der Waals surface area contributed by atoms with E-state index in [1.165, 1.54) is 5.48 Å². The fourth-order valence-corrected chi connectivity index (χ4v) is 1.56. The lowest BCUT2D eigenvalue weighted by atomic mass is 10.1. The van der Waals surface area contributed by atoms with Crippen molar-refractivity contribution in [3.05, 3.63) is 54.6 Å². The molecule has 0 fully saturated rings. The Morgan fingerprint density at radius 2 is 1.61 bits per heavy atom. The van der Waals surface area contributed by atoms with Crippen LogP contribution in [0.25, 0.3) is 11.1 Å². The summed E-state index contributed by atoms with van der Waals surface area (Å²) in [4.78, 5) is 10.8. The van der Waals surface area contributed by atoms with Crippen LogP contribution in [0, 0.1) is 0 Å². The van der Waals surface area contributed by atoms with E-state index in [1.54, 1.807) is 12.1 Å². The zero-order chi connectivity index (χ0) is 12.8. The molecule has 2 aromatic carbocycles. The highest BCUT2D eigenvalue weighted by Crippen LogP contribution is 2.21. The third kappa shape index (κ3) is 3.09. The fourth-order valence-electron chi connectivity index (χ4n) is 1.56. The number of ether oxygens (including phenoxy) is 1. The standard InChI is InChI=1S/C14H13NO3/c16-14(15-17)10-18-13-8-6-12(7-9-13)11-4-2-1-3-5-11/h1-9,17H,10H2,(H,15,16). The van der Waals surface area contributed by atoms with Crippen LogP contribution in [-0.2, 0) is 4.79 Å². The third-order valence-corrected chi connectivity index (χ3v) is 2.46. The summed E-state index contributed by atoms with van der Waals surface area (Å²) in [5.74, 6) is 0.000386. The average Bonchev–Trinajstić information content (AvgIpc) is 2.46. The maximum Gasteiger partial charge on any atom is 0.281 e. The Bertz CT molecular complexity index is 508. The smallest absolute Gasteiger partial charge is 0.281 e. The molecule has 0 aromatic heterocycles. The summed E-state index contributed by atoms with van der Waals surface area (Å²) >= 11 is 0. The lowest BCUT2D eigenvalue weighted by molar-refractivity contribution is -0.131. The Kier molecular flexibility index (Phi) is 3.94. The topological polar surface area (TPSA) is 58.6 Å². The molecule has 0 bridgehead atoms. The van der Waals surface area contributed by atoms with Crippen LogP contribution in [0.4, 0.5) is 0 Å². The van der Waals surface area contributed by atoms with Gasteiger partial charge in [0.2, 0.25) is 0 Å². The van der Waals surface area contributed by atoms with Gasteiger partial charge in [0, 0.05) is 0 Å². The van der Waals surface area contributed by atoms with Crippen LogP contribution in [0.15, 0.2) is 54.6 Å². The Hall–Kier alpha value is -2.33. The first-order valence-corrected chi connectivity index (χ1v) is 5.51. The summed E-state index contributed by atoms with van der Waals surface area (Å²) in [5, 5.41) is 8.33. The van der Waals surface area contributed by atoms with Crippen molar-refractivity contribution >= 4 is 5.91 Å². The average molecular weight is 243 g/mol. The first-order valence-electron chi connectivity index (χ1n) is 5.51. The molecule has 92 valence electrons. The molecule has 2 aromatic rings. The second-order valence-electron chi connectivity index (χ2n) is 3.71.